The van der Waals surface area contributed by atoms with Crippen molar-refractivity contribution in [2.45, 2.75) is 26.3 Å². The molecule has 3 rings (SSSR count). The zero-order valence-corrected chi connectivity index (χ0v) is 14.6. The molecule has 26 heavy (non-hydrogen) atoms. The number of anilines is 2. The molecule has 1 aliphatic rings. The van der Waals surface area contributed by atoms with Crippen LogP contribution < -0.4 is 15.0 Å². The fourth-order valence-electron chi connectivity index (χ4n) is 2.83. The van der Waals surface area contributed by atoms with Crippen LogP contribution >= 0.6 is 0 Å². The second-order valence-corrected chi connectivity index (χ2v) is 6.39. The van der Waals surface area contributed by atoms with Crippen LogP contribution in [0.15, 0.2) is 54.6 Å². The second kappa shape index (κ2) is 7.39. The molecule has 1 atom stereocenters. The molecule has 1 N–H and O–H groups in total. The highest BCUT2D eigenvalue weighted by atomic mass is 16.5. The fraction of sp³-hybridized carbons (Fsp3) is 0.250. The lowest BCUT2D eigenvalue weighted by atomic mass is 10.0. The molecular formula is C20H20N2O4. The first-order valence-electron chi connectivity index (χ1n) is 8.46. The van der Waals surface area contributed by atoms with Crippen molar-refractivity contribution in [1.29, 1.82) is 0 Å². The third-order valence-corrected chi connectivity index (χ3v) is 4.09. The van der Waals surface area contributed by atoms with Gasteiger partial charge < -0.3 is 10.1 Å². The van der Waals surface area contributed by atoms with E-state index in [1.54, 1.807) is 62.4 Å². The zero-order chi connectivity index (χ0) is 18.7. The molecule has 1 heterocycles. The van der Waals surface area contributed by atoms with Gasteiger partial charge in [0.25, 0.3) is 0 Å². The topological polar surface area (TPSA) is 75.7 Å². The van der Waals surface area contributed by atoms with E-state index in [9.17, 15) is 14.4 Å². The van der Waals surface area contributed by atoms with Gasteiger partial charge in [-0.3, -0.25) is 14.5 Å². The smallest absolute Gasteiger partial charge is 0.335 e. The minimum absolute atomic E-state index is 0.180. The van der Waals surface area contributed by atoms with Gasteiger partial charge in [-0.1, -0.05) is 44.2 Å². The first-order valence-corrected chi connectivity index (χ1v) is 8.46. The van der Waals surface area contributed by atoms with Crippen LogP contribution in [0.4, 0.5) is 11.4 Å². The Morgan fingerprint density at radius 1 is 1.08 bits per heavy atom. The Bertz CT molecular complexity index is 833. The number of carbonyl (C=O) groups excluding carboxylic acids is 3. The molecule has 2 aromatic rings. The summed E-state index contributed by atoms with van der Waals surface area (Å²) in [6, 6.07) is 14.8. The maximum Gasteiger partial charge on any atom is 0.335 e. The number of amides is 2. The standard InChI is InChI=1S/C20H20N2O4/c1-13(2)19(24)22-15-10-6-7-11-17(15)26-20(25)16(22)12-18(23)21-14-8-4-3-5-9-14/h3-11,13,16H,12H2,1-2H3,(H,21,23)/t16-/m1/s1. The lowest BCUT2D eigenvalue weighted by Gasteiger charge is -2.36. The molecule has 0 saturated carbocycles. The van der Waals surface area contributed by atoms with E-state index >= 15 is 0 Å². The highest BCUT2D eigenvalue weighted by Gasteiger charge is 2.40. The Kier molecular flexibility index (Phi) is 5.02. The zero-order valence-electron chi connectivity index (χ0n) is 14.6. The van der Waals surface area contributed by atoms with Crippen LogP contribution in [0.1, 0.15) is 20.3 Å². The minimum Gasteiger partial charge on any atom is -0.423 e. The van der Waals surface area contributed by atoms with Crippen LogP contribution in [0, 0.1) is 5.92 Å². The Hall–Kier alpha value is -3.15. The van der Waals surface area contributed by atoms with E-state index in [4.69, 9.17) is 4.74 Å². The van der Waals surface area contributed by atoms with Crippen LogP contribution in [-0.2, 0) is 14.4 Å². The molecule has 6 nitrogen and oxygen atoms in total. The highest BCUT2D eigenvalue weighted by molar-refractivity contribution is 6.06. The second-order valence-electron chi connectivity index (χ2n) is 6.39. The van der Waals surface area contributed by atoms with Crippen molar-refractivity contribution in [3.8, 4) is 5.75 Å². The first-order chi connectivity index (χ1) is 12.5. The van der Waals surface area contributed by atoms with Gasteiger partial charge in [0.2, 0.25) is 11.8 Å². The number of para-hydroxylation sites is 3. The Balaban J connectivity index is 1.87. The van der Waals surface area contributed by atoms with Gasteiger partial charge in [-0.15, -0.1) is 0 Å². The third-order valence-electron chi connectivity index (χ3n) is 4.09. The number of benzene rings is 2. The van der Waals surface area contributed by atoms with E-state index < -0.39 is 12.0 Å². The van der Waals surface area contributed by atoms with Crippen molar-refractivity contribution in [2.24, 2.45) is 5.92 Å². The van der Waals surface area contributed by atoms with Crippen molar-refractivity contribution in [1.82, 2.24) is 0 Å². The highest BCUT2D eigenvalue weighted by Crippen LogP contribution is 2.36. The monoisotopic (exact) mass is 352 g/mol. The summed E-state index contributed by atoms with van der Waals surface area (Å²) >= 11 is 0. The molecule has 0 aromatic heterocycles. The van der Waals surface area contributed by atoms with Gasteiger partial charge in [-0.05, 0) is 24.3 Å². The number of hydrogen-bond donors (Lipinski definition) is 1. The van der Waals surface area contributed by atoms with Crippen molar-refractivity contribution in [3.05, 3.63) is 54.6 Å². The Morgan fingerprint density at radius 3 is 2.42 bits per heavy atom. The molecule has 0 radical (unpaired) electrons. The summed E-state index contributed by atoms with van der Waals surface area (Å²) in [5.41, 5.74) is 1.13. The number of hydrogen-bond acceptors (Lipinski definition) is 4. The Morgan fingerprint density at radius 2 is 1.73 bits per heavy atom. The number of nitrogens with one attached hydrogen (secondary N) is 1. The molecule has 0 saturated heterocycles. The van der Waals surface area contributed by atoms with E-state index in [0.29, 0.717) is 17.1 Å². The summed E-state index contributed by atoms with van der Waals surface area (Å²) in [6.45, 7) is 3.51. The van der Waals surface area contributed by atoms with Gasteiger partial charge >= 0.3 is 5.97 Å². The molecule has 2 amide bonds. The van der Waals surface area contributed by atoms with Crippen LogP contribution in [0.2, 0.25) is 0 Å². The van der Waals surface area contributed by atoms with Gasteiger partial charge in [0, 0.05) is 11.6 Å². The lowest BCUT2D eigenvalue weighted by molar-refractivity contribution is -0.140. The average Bonchev–Trinajstić information content (AvgIpc) is 2.62. The van der Waals surface area contributed by atoms with E-state index in [-0.39, 0.29) is 24.2 Å². The average molecular weight is 352 g/mol. The summed E-state index contributed by atoms with van der Waals surface area (Å²) in [6.07, 6.45) is -0.180. The molecule has 0 bridgehead atoms. The summed E-state index contributed by atoms with van der Waals surface area (Å²) in [5.74, 6) is -1.20. The lowest BCUT2D eigenvalue weighted by Crippen LogP contribution is -2.52. The van der Waals surface area contributed by atoms with Crippen LogP contribution in [-0.4, -0.2) is 23.8 Å². The van der Waals surface area contributed by atoms with Crippen LogP contribution in [0.5, 0.6) is 5.75 Å². The summed E-state index contributed by atoms with van der Waals surface area (Å²) in [5, 5.41) is 2.74. The van der Waals surface area contributed by atoms with Crippen molar-refractivity contribution in [2.75, 3.05) is 10.2 Å². The molecular weight excluding hydrogens is 332 g/mol. The molecule has 0 unspecified atom stereocenters. The summed E-state index contributed by atoms with van der Waals surface area (Å²) in [4.78, 5) is 39.0. The maximum absolute atomic E-state index is 12.7. The number of esters is 1. The molecule has 2 aromatic carbocycles. The Labute approximate surface area is 151 Å². The SMILES string of the molecule is CC(C)C(=O)N1c2ccccc2OC(=O)[C@H]1CC(=O)Nc1ccccc1. The number of rotatable bonds is 4. The molecule has 0 aliphatic carbocycles. The molecule has 0 fully saturated rings. The van der Waals surface area contributed by atoms with Gasteiger partial charge in [0.1, 0.15) is 6.04 Å². The van der Waals surface area contributed by atoms with Gasteiger partial charge in [0.15, 0.2) is 5.75 Å². The molecule has 6 heteroatoms. The predicted octanol–water partition coefficient (Wildman–Crippen LogP) is 2.99. The number of ether oxygens (including phenoxy) is 1. The third kappa shape index (κ3) is 3.59. The largest absolute Gasteiger partial charge is 0.423 e. The number of carbonyl (C=O) groups is 3. The quantitative estimate of drug-likeness (QED) is 0.678. The predicted molar refractivity (Wildman–Crippen MR) is 97.9 cm³/mol. The van der Waals surface area contributed by atoms with Crippen molar-refractivity contribution < 1.29 is 19.1 Å². The van der Waals surface area contributed by atoms with E-state index in [0.717, 1.165) is 0 Å². The van der Waals surface area contributed by atoms with Gasteiger partial charge in [-0.2, -0.15) is 0 Å². The fourth-order valence-corrected chi connectivity index (χ4v) is 2.83. The normalized spacial score (nSPS) is 16.0. The summed E-state index contributed by atoms with van der Waals surface area (Å²) in [7, 11) is 0. The number of fused-ring (bicyclic) bond motifs is 1. The van der Waals surface area contributed by atoms with Crippen LogP contribution in [0.3, 0.4) is 0 Å². The van der Waals surface area contributed by atoms with Gasteiger partial charge in [-0.25, -0.2) is 4.79 Å². The van der Waals surface area contributed by atoms with Crippen molar-refractivity contribution >= 4 is 29.2 Å². The minimum atomic E-state index is -0.997. The van der Waals surface area contributed by atoms with Crippen LogP contribution in [0.25, 0.3) is 0 Å². The number of nitrogens with zero attached hydrogens (tertiary/aromatic N) is 1. The molecule has 134 valence electrons. The first kappa shape index (κ1) is 17.7. The molecule has 1 aliphatic heterocycles. The van der Waals surface area contributed by atoms with E-state index in [1.807, 2.05) is 6.07 Å². The van der Waals surface area contributed by atoms with E-state index in [1.165, 1.54) is 4.90 Å². The van der Waals surface area contributed by atoms with E-state index in [2.05, 4.69) is 5.32 Å². The molecule has 0 spiro atoms. The maximum atomic E-state index is 12.7. The summed E-state index contributed by atoms with van der Waals surface area (Å²) < 4.78 is 5.34. The van der Waals surface area contributed by atoms with Crippen molar-refractivity contribution in [3.63, 3.8) is 0 Å². The van der Waals surface area contributed by atoms with Gasteiger partial charge in [0.05, 0.1) is 12.1 Å².